The van der Waals surface area contributed by atoms with E-state index in [4.69, 9.17) is 4.98 Å². The Morgan fingerprint density at radius 3 is 2.40 bits per heavy atom. The summed E-state index contributed by atoms with van der Waals surface area (Å²) in [6, 6.07) is 23.6. The second-order valence-electron chi connectivity index (χ2n) is 9.20. The largest absolute Gasteiger partial charge is 0.345 e. The van der Waals surface area contributed by atoms with Crippen LogP contribution >= 0.6 is 0 Å². The zero-order valence-electron chi connectivity index (χ0n) is 20.8. The Morgan fingerprint density at radius 1 is 0.971 bits per heavy atom. The number of hydrogen-bond donors (Lipinski definition) is 1. The maximum absolute atomic E-state index is 13.5. The van der Waals surface area contributed by atoms with Crippen LogP contribution in [0, 0.1) is 13.8 Å². The van der Waals surface area contributed by atoms with Gasteiger partial charge >= 0.3 is 0 Å². The molecule has 0 aliphatic carbocycles. The van der Waals surface area contributed by atoms with E-state index in [0.29, 0.717) is 17.9 Å². The molecule has 4 rings (SSSR count). The van der Waals surface area contributed by atoms with Gasteiger partial charge in [0.15, 0.2) is 0 Å². The van der Waals surface area contributed by atoms with Crippen molar-refractivity contribution in [3.05, 3.63) is 101 Å². The predicted octanol–water partition coefficient (Wildman–Crippen LogP) is 5.02. The summed E-state index contributed by atoms with van der Waals surface area (Å²) in [5.41, 5.74) is 5.45. The van der Waals surface area contributed by atoms with Crippen LogP contribution in [0.3, 0.4) is 0 Å². The van der Waals surface area contributed by atoms with Gasteiger partial charge in [0.2, 0.25) is 5.91 Å². The average molecular weight is 469 g/mol. The van der Waals surface area contributed by atoms with Crippen molar-refractivity contribution in [2.24, 2.45) is 0 Å². The van der Waals surface area contributed by atoms with E-state index in [-0.39, 0.29) is 30.9 Å². The summed E-state index contributed by atoms with van der Waals surface area (Å²) < 4.78 is 1.92. The van der Waals surface area contributed by atoms with E-state index in [1.807, 2.05) is 110 Å². The molecule has 2 amide bonds. The van der Waals surface area contributed by atoms with Crippen molar-refractivity contribution < 1.29 is 9.59 Å². The smallest absolute Gasteiger partial charge is 0.251 e. The lowest BCUT2D eigenvalue weighted by molar-refractivity contribution is -0.134. The van der Waals surface area contributed by atoms with Crippen LogP contribution in [0.5, 0.6) is 0 Å². The van der Waals surface area contributed by atoms with E-state index in [9.17, 15) is 9.59 Å². The topological polar surface area (TPSA) is 67.2 Å². The van der Waals surface area contributed by atoms with Gasteiger partial charge in [0, 0.05) is 18.2 Å². The first-order chi connectivity index (χ1) is 16.8. The van der Waals surface area contributed by atoms with Crippen molar-refractivity contribution in [1.29, 1.82) is 0 Å². The van der Waals surface area contributed by atoms with Crippen LogP contribution in [-0.4, -0.2) is 32.3 Å². The van der Waals surface area contributed by atoms with Gasteiger partial charge in [-0.25, -0.2) is 4.98 Å². The Kier molecular flexibility index (Phi) is 7.30. The number of para-hydroxylation sites is 2. The van der Waals surface area contributed by atoms with E-state index in [1.54, 1.807) is 0 Å². The molecule has 0 unspecified atom stereocenters. The number of amides is 2. The zero-order chi connectivity index (χ0) is 24.9. The maximum atomic E-state index is 13.5. The number of hydrogen-bond acceptors (Lipinski definition) is 3. The van der Waals surface area contributed by atoms with Crippen LogP contribution in [0.15, 0.2) is 72.8 Å². The maximum Gasteiger partial charge on any atom is 0.251 e. The SMILES string of the molecule is Cc1ccc(C(=O)NCc2nc3ccccc3n2CC(=O)N(Cc2ccccc2)C(C)C)c(C)c1. The number of rotatable bonds is 8. The quantitative estimate of drug-likeness (QED) is 0.395. The van der Waals surface area contributed by atoms with Gasteiger partial charge < -0.3 is 14.8 Å². The first kappa shape index (κ1) is 24.2. The Labute approximate surface area is 206 Å². The number of aromatic nitrogens is 2. The summed E-state index contributed by atoms with van der Waals surface area (Å²) in [6.45, 7) is 8.92. The van der Waals surface area contributed by atoms with E-state index < -0.39 is 0 Å². The number of imidazole rings is 1. The minimum Gasteiger partial charge on any atom is -0.345 e. The van der Waals surface area contributed by atoms with Gasteiger partial charge in [-0.3, -0.25) is 9.59 Å². The molecule has 1 heterocycles. The lowest BCUT2D eigenvalue weighted by Gasteiger charge is -2.27. The molecule has 0 bridgehead atoms. The third-order valence-electron chi connectivity index (χ3n) is 6.20. The molecule has 0 spiro atoms. The van der Waals surface area contributed by atoms with E-state index >= 15 is 0 Å². The number of carbonyl (C=O) groups excluding carboxylic acids is 2. The highest BCUT2D eigenvalue weighted by molar-refractivity contribution is 5.95. The minimum atomic E-state index is -0.152. The highest BCUT2D eigenvalue weighted by Crippen LogP contribution is 2.18. The van der Waals surface area contributed by atoms with Crippen molar-refractivity contribution in [2.75, 3.05) is 0 Å². The lowest BCUT2D eigenvalue weighted by atomic mass is 10.1. The van der Waals surface area contributed by atoms with Crippen molar-refractivity contribution in [1.82, 2.24) is 19.8 Å². The molecule has 3 aromatic carbocycles. The predicted molar refractivity (Wildman–Crippen MR) is 139 cm³/mol. The summed E-state index contributed by atoms with van der Waals surface area (Å²) in [4.78, 5) is 33.0. The van der Waals surface area contributed by atoms with Gasteiger partial charge in [0.05, 0.1) is 17.6 Å². The first-order valence-corrected chi connectivity index (χ1v) is 12.0. The number of fused-ring (bicyclic) bond motifs is 1. The molecule has 35 heavy (non-hydrogen) atoms. The van der Waals surface area contributed by atoms with E-state index in [1.165, 1.54) is 0 Å². The summed E-state index contributed by atoms with van der Waals surface area (Å²) in [7, 11) is 0. The molecule has 4 aromatic rings. The minimum absolute atomic E-state index is 0.00830. The summed E-state index contributed by atoms with van der Waals surface area (Å²) in [5.74, 6) is 0.510. The van der Waals surface area contributed by atoms with Gasteiger partial charge in [-0.1, -0.05) is 60.2 Å². The molecule has 6 nitrogen and oxygen atoms in total. The molecule has 0 radical (unpaired) electrons. The number of nitrogens with zero attached hydrogens (tertiary/aromatic N) is 3. The molecular weight excluding hydrogens is 436 g/mol. The number of benzene rings is 3. The fourth-order valence-corrected chi connectivity index (χ4v) is 4.32. The second-order valence-corrected chi connectivity index (χ2v) is 9.20. The van der Waals surface area contributed by atoms with Gasteiger partial charge in [-0.2, -0.15) is 0 Å². The van der Waals surface area contributed by atoms with Crippen LogP contribution in [0.4, 0.5) is 0 Å². The highest BCUT2D eigenvalue weighted by atomic mass is 16.2. The molecule has 1 aromatic heterocycles. The second kappa shape index (κ2) is 10.6. The van der Waals surface area contributed by atoms with Crippen molar-refractivity contribution in [2.45, 2.75) is 53.4 Å². The Hall–Kier alpha value is -3.93. The Bertz CT molecular complexity index is 1340. The summed E-state index contributed by atoms with van der Waals surface area (Å²) in [6.07, 6.45) is 0. The average Bonchev–Trinajstić information content (AvgIpc) is 3.18. The number of aryl methyl sites for hydroxylation is 2. The van der Waals surface area contributed by atoms with Gasteiger partial charge in [-0.05, 0) is 57.0 Å². The van der Waals surface area contributed by atoms with Crippen LogP contribution in [0.1, 0.15) is 46.7 Å². The molecule has 0 saturated carbocycles. The van der Waals surface area contributed by atoms with E-state index in [0.717, 1.165) is 27.7 Å². The molecule has 0 fully saturated rings. The fraction of sp³-hybridized carbons (Fsp3) is 0.276. The Morgan fingerprint density at radius 2 is 1.69 bits per heavy atom. The Balaban J connectivity index is 1.57. The molecule has 0 saturated heterocycles. The molecule has 6 heteroatoms. The zero-order valence-corrected chi connectivity index (χ0v) is 20.8. The number of nitrogens with one attached hydrogen (secondary N) is 1. The van der Waals surface area contributed by atoms with Gasteiger partial charge in [0.25, 0.3) is 5.91 Å². The van der Waals surface area contributed by atoms with Crippen molar-refractivity contribution in [3.8, 4) is 0 Å². The monoisotopic (exact) mass is 468 g/mol. The molecule has 0 aliphatic rings. The molecule has 0 aliphatic heterocycles. The van der Waals surface area contributed by atoms with Crippen LogP contribution in [-0.2, 0) is 24.4 Å². The first-order valence-electron chi connectivity index (χ1n) is 12.0. The normalized spacial score (nSPS) is 11.1. The van der Waals surface area contributed by atoms with Crippen LogP contribution in [0.25, 0.3) is 11.0 Å². The third-order valence-corrected chi connectivity index (χ3v) is 6.20. The number of carbonyl (C=O) groups is 2. The van der Waals surface area contributed by atoms with E-state index in [2.05, 4.69) is 5.32 Å². The summed E-state index contributed by atoms with van der Waals surface area (Å²) in [5, 5.41) is 2.99. The molecule has 1 N–H and O–H groups in total. The summed E-state index contributed by atoms with van der Waals surface area (Å²) >= 11 is 0. The van der Waals surface area contributed by atoms with Gasteiger partial charge in [0.1, 0.15) is 12.4 Å². The molecule has 180 valence electrons. The van der Waals surface area contributed by atoms with Crippen molar-refractivity contribution in [3.63, 3.8) is 0 Å². The standard InChI is InChI=1S/C29H32N4O2/c1-20(2)32(18-23-10-6-5-7-11-23)28(34)19-33-26-13-9-8-12-25(26)31-27(33)17-30-29(35)24-15-14-21(3)16-22(24)4/h5-16,20H,17-19H2,1-4H3,(H,30,35). The van der Waals surface area contributed by atoms with Crippen LogP contribution < -0.4 is 5.32 Å². The fourth-order valence-electron chi connectivity index (χ4n) is 4.32. The van der Waals surface area contributed by atoms with Crippen LogP contribution in [0.2, 0.25) is 0 Å². The third kappa shape index (κ3) is 5.60. The molecular formula is C29H32N4O2. The lowest BCUT2D eigenvalue weighted by Crippen LogP contribution is -2.39. The highest BCUT2D eigenvalue weighted by Gasteiger charge is 2.21. The van der Waals surface area contributed by atoms with Gasteiger partial charge in [-0.15, -0.1) is 0 Å². The van der Waals surface area contributed by atoms with Crippen molar-refractivity contribution >= 4 is 22.8 Å². The molecule has 0 atom stereocenters.